The maximum absolute atomic E-state index is 13.6. The van der Waals surface area contributed by atoms with Crippen LogP contribution < -0.4 is 9.47 Å². The van der Waals surface area contributed by atoms with Gasteiger partial charge in [-0.15, -0.1) is 0 Å². The molecule has 0 aliphatic carbocycles. The second-order valence-corrected chi connectivity index (χ2v) is 5.39. The van der Waals surface area contributed by atoms with Gasteiger partial charge in [0.1, 0.15) is 23.4 Å². The van der Waals surface area contributed by atoms with E-state index in [-0.39, 0.29) is 11.7 Å². The Labute approximate surface area is 138 Å². The molecule has 1 aliphatic rings. The zero-order valence-corrected chi connectivity index (χ0v) is 13.3. The van der Waals surface area contributed by atoms with Crippen LogP contribution in [0.3, 0.4) is 0 Å². The van der Waals surface area contributed by atoms with E-state index in [1.807, 2.05) is 6.92 Å². The zero-order valence-electron chi connectivity index (χ0n) is 13.3. The van der Waals surface area contributed by atoms with Crippen LogP contribution >= 0.6 is 0 Å². The number of carbonyl (C=O) groups is 1. The number of ether oxygens (including phenoxy) is 2. The summed E-state index contributed by atoms with van der Waals surface area (Å²) in [6.45, 7) is 1.89. The highest BCUT2D eigenvalue weighted by Gasteiger charge is 2.24. The molecule has 1 aliphatic heterocycles. The van der Waals surface area contributed by atoms with Gasteiger partial charge < -0.3 is 14.3 Å². The summed E-state index contributed by atoms with van der Waals surface area (Å²) in [6, 6.07) is 10.9. The minimum Gasteiger partial charge on any atom is -0.497 e. The number of fused-ring (bicyclic) bond motifs is 1. The van der Waals surface area contributed by atoms with Crippen molar-refractivity contribution in [3.63, 3.8) is 0 Å². The third-order valence-corrected chi connectivity index (χ3v) is 3.64. The van der Waals surface area contributed by atoms with Crippen molar-refractivity contribution < 1.29 is 23.5 Å². The predicted molar refractivity (Wildman–Crippen MR) is 86.1 cm³/mol. The minimum atomic E-state index is -0.838. The number of benzene rings is 2. The van der Waals surface area contributed by atoms with Gasteiger partial charge in [0, 0.05) is 18.1 Å². The first-order valence-electron chi connectivity index (χ1n) is 7.46. The number of methoxy groups -OCH3 is 1. The molecule has 6 heteroatoms. The summed E-state index contributed by atoms with van der Waals surface area (Å²) in [7, 11) is 1.57. The molecule has 0 saturated carbocycles. The first-order chi connectivity index (χ1) is 11.6. The molecule has 0 N–H and O–H groups in total. The summed E-state index contributed by atoms with van der Waals surface area (Å²) in [6.07, 6.45) is 0.347. The van der Waals surface area contributed by atoms with Crippen LogP contribution in [-0.2, 0) is 4.84 Å². The Morgan fingerprint density at radius 3 is 2.83 bits per heavy atom. The number of hydrogen-bond acceptors (Lipinski definition) is 5. The van der Waals surface area contributed by atoms with Crippen molar-refractivity contribution in [2.45, 2.75) is 19.4 Å². The fourth-order valence-electron chi connectivity index (χ4n) is 2.47. The lowest BCUT2D eigenvalue weighted by Gasteiger charge is -2.24. The number of nitrogens with zero attached hydrogens (tertiary/aromatic N) is 1. The van der Waals surface area contributed by atoms with Crippen LogP contribution in [0.25, 0.3) is 0 Å². The number of oxime groups is 1. The molecule has 0 aromatic heterocycles. The van der Waals surface area contributed by atoms with E-state index in [1.54, 1.807) is 31.4 Å². The summed E-state index contributed by atoms with van der Waals surface area (Å²) in [4.78, 5) is 16.9. The standard InChI is InChI=1S/C18H16FNO4/c1-11-9-16(14-8-7-12(22-2)10-17(14)23-11)20-24-18(21)13-5-3-4-6-15(13)19/h3-8,10-11H,9H2,1-2H3/b20-16+. The SMILES string of the molecule is COc1ccc2c(c1)OC(C)C/C2=N\OC(=O)c1ccccc1F. The second kappa shape index (κ2) is 6.70. The zero-order chi connectivity index (χ0) is 17.1. The quantitative estimate of drug-likeness (QED) is 0.638. The van der Waals surface area contributed by atoms with Gasteiger partial charge in [-0.1, -0.05) is 17.3 Å². The molecule has 0 amide bonds. The summed E-state index contributed by atoms with van der Waals surface area (Å²) in [5, 5.41) is 3.93. The van der Waals surface area contributed by atoms with Gasteiger partial charge in [-0.05, 0) is 31.2 Å². The van der Waals surface area contributed by atoms with E-state index >= 15 is 0 Å². The molecular formula is C18H16FNO4. The van der Waals surface area contributed by atoms with Gasteiger partial charge in [0.2, 0.25) is 0 Å². The molecule has 0 spiro atoms. The van der Waals surface area contributed by atoms with Gasteiger partial charge in [0.15, 0.2) is 0 Å². The van der Waals surface area contributed by atoms with Crippen molar-refractivity contribution in [2.24, 2.45) is 5.16 Å². The average Bonchev–Trinajstić information content (AvgIpc) is 2.59. The Morgan fingerprint density at radius 2 is 2.08 bits per heavy atom. The molecule has 5 nitrogen and oxygen atoms in total. The van der Waals surface area contributed by atoms with Crippen molar-refractivity contribution in [3.8, 4) is 11.5 Å². The van der Waals surface area contributed by atoms with Crippen LogP contribution in [0.5, 0.6) is 11.5 Å². The Morgan fingerprint density at radius 1 is 1.29 bits per heavy atom. The first kappa shape index (κ1) is 16.0. The second-order valence-electron chi connectivity index (χ2n) is 5.39. The predicted octanol–water partition coefficient (Wildman–Crippen LogP) is 3.57. The molecule has 0 saturated heterocycles. The highest BCUT2D eigenvalue weighted by molar-refractivity contribution is 6.04. The Kier molecular flexibility index (Phi) is 4.46. The van der Waals surface area contributed by atoms with Gasteiger partial charge in [0.05, 0.1) is 18.4 Å². The van der Waals surface area contributed by atoms with Gasteiger partial charge in [-0.3, -0.25) is 0 Å². The monoisotopic (exact) mass is 329 g/mol. The van der Waals surface area contributed by atoms with Crippen molar-refractivity contribution in [1.82, 2.24) is 0 Å². The Bertz CT molecular complexity index is 803. The molecule has 1 atom stereocenters. The molecule has 0 radical (unpaired) electrons. The molecule has 1 heterocycles. The molecule has 2 aromatic rings. The van der Waals surface area contributed by atoms with Gasteiger partial charge in [-0.2, -0.15) is 0 Å². The number of rotatable bonds is 3. The van der Waals surface area contributed by atoms with Crippen LogP contribution in [0.15, 0.2) is 47.6 Å². The van der Waals surface area contributed by atoms with Crippen LogP contribution in [0.1, 0.15) is 29.3 Å². The van der Waals surface area contributed by atoms with Gasteiger partial charge in [-0.25, -0.2) is 9.18 Å². The summed E-state index contributed by atoms with van der Waals surface area (Å²) in [5.74, 6) is -0.220. The lowest BCUT2D eigenvalue weighted by molar-refractivity contribution is 0.0507. The number of carbonyl (C=O) groups excluding carboxylic acids is 1. The molecule has 3 rings (SSSR count). The highest BCUT2D eigenvalue weighted by atomic mass is 19.1. The topological polar surface area (TPSA) is 57.1 Å². The van der Waals surface area contributed by atoms with Crippen molar-refractivity contribution in [3.05, 3.63) is 59.4 Å². The summed E-state index contributed by atoms with van der Waals surface area (Å²) in [5.41, 5.74) is 1.13. The van der Waals surface area contributed by atoms with E-state index < -0.39 is 11.8 Å². The molecule has 0 fully saturated rings. The Hall–Kier alpha value is -2.89. The van der Waals surface area contributed by atoms with E-state index in [2.05, 4.69) is 5.16 Å². The first-order valence-corrected chi connectivity index (χ1v) is 7.46. The van der Waals surface area contributed by atoms with Crippen LogP contribution in [0.2, 0.25) is 0 Å². The van der Waals surface area contributed by atoms with E-state index in [4.69, 9.17) is 14.3 Å². The Balaban J connectivity index is 1.86. The van der Waals surface area contributed by atoms with Crippen molar-refractivity contribution >= 4 is 11.7 Å². The average molecular weight is 329 g/mol. The third-order valence-electron chi connectivity index (χ3n) is 3.64. The van der Waals surface area contributed by atoms with E-state index in [0.717, 1.165) is 5.56 Å². The van der Waals surface area contributed by atoms with Crippen LogP contribution in [0, 0.1) is 5.82 Å². The van der Waals surface area contributed by atoms with Gasteiger partial charge in [0.25, 0.3) is 0 Å². The van der Waals surface area contributed by atoms with Crippen molar-refractivity contribution in [2.75, 3.05) is 7.11 Å². The highest BCUT2D eigenvalue weighted by Crippen LogP contribution is 2.31. The lowest BCUT2D eigenvalue weighted by Crippen LogP contribution is -2.25. The van der Waals surface area contributed by atoms with E-state index in [0.29, 0.717) is 23.6 Å². The normalized spacial score (nSPS) is 17.8. The third kappa shape index (κ3) is 3.22. The van der Waals surface area contributed by atoms with Crippen LogP contribution in [0.4, 0.5) is 4.39 Å². The summed E-state index contributed by atoms with van der Waals surface area (Å²) >= 11 is 0. The van der Waals surface area contributed by atoms with E-state index in [1.165, 1.54) is 18.2 Å². The molecular weight excluding hydrogens is 313 g/mol. The van der Waals surface area contributed by atoms with Crippen LogP contribution in [-0.4, -0.2) is 24.9 Å². The summed E-state index contributed by atoms with van der Waals surface area (Å²) < 4.78 is 24.5. The fourth-order valence-corrected chi connectivity index (χ4v) is 2.47. The molecule has 0 bridgehead atoms. The molecule has 1 unspecified atom stereocenters. The molecule has 2 aromatic carbocycles. The fraction of sp³-hybridized carbons (Fsp3) is 0.222. The van der Waals surface area contributed by atoms with Crippen molar-refractivity contribution in [1.29, 1.82) is 0 Å². The molecule has 124 valence electrons. The lowest BCUT2D eigenvalue weighted by atomic mass is 10.0. The van der Waals surface area contributed by atoms with E-state index in [9.17, 15) is 9.18 Å². The number of halogens is 1. The smallest absolute Gasteiger partial charge is 0.368 e. The van der Waals surface area contributed by atoms with Gasteiger partial charge >= 0.3 is 5.97 Å². The number of hydrogen-bond donors (Lipinski definition) is 0. The maximum Gasteiger partial charge on any atom is 0.368 e. The minimum absolute atomic E-state index is 0.129. The maximum atomic E-state index is 13.6. The largest absolute Gasteiger partial charge is 0.497 e. The molecule has 24 heavy (non-hydrogen) atoms.